The van der Waals surface area contributed by atoms with Gasteiger partial charge in [-0.3, -0.25) is 4.79 Å². The SMILES string of the molecule is C=NC(=O)C(C)CN=N. The lowest BCUT2D eigenvalue weighted by molar-refractivity contribution is -0.120. The van der Waals surface area contributed by atoms with Crippen LogP contribution in [0, 0.1) is 11.4 Å². The summed E-state index contributed by atoms with van der Waals surface area (Å²) in [5.74, 6) is -0.592. The Labute approximate surface area is 53.5 Å². The lowest BCUT2D eigenvalue weighted by Gasteiger charge is -1.98. The Morgan fingerprint density at radius 1 is 1.89 bits per heavy atom. The smallest absolute Gasteiger partial charge is 0.249 e. The minimum Gasteiger partial charge on any atom is -0.272 e. The molecule has 50 valence electrons. The molecule has 0 rings (SSSR count). The molecule has 4 nitrogen and oxygen atoms in total. The van der Waals surface area contributed by atoms with Crippen molar-refractivity contribution in [1.82, 2.24) is 0 Å². The van der Waals surface area contributed by atoms with E-state index in [9.17, 15) is 4.79 Å². The van der Waals surface area contributed by atoms with Gasteiger partial charge in [0.15, 0.2) is 0 Å². The van der Waals surface area contributed by atoms with E-state index in [0.717, 1.165) is 0 Å². The van der Waals surface area contributed by atoms with Crippen molar-refractivity contribution in [3.63, 3.8) is 0 Å². The van der Waals surface area contributed by atoms with Gasteiger partial charge in [-0.25, -0.2) is 10.5 Å². The second-order valence-corrected chi connectivity index (χ2v) is 1.74. The van der Waals surface area contributed by atoms with Gasteiger partial charge in [-0.2, -0.15) is 5.11 Å². The summed E-state index contributed by atoms with van der Waals surface area (Å²) >= 11 is 0. The zero-order chi connectivity index (χ0) is 7.28. The summed E-state index contributed by atoms with van der Waals surface area (Å²) < 4.78 is 0. The second kappa shape index (κ2) is 3.88. The minimum atomic E-state index is -0.300. The number of nitrogens with one attached hydrogen (secondary N) is 1. The molecule has 0 aromatic rings. The summed E-state index contributed by atoms with van der Waals surface area (Å²) in [6.45, 7) is 4.93. The third kappa shape index (κ3) is 2.69. The number of rotatable bonds is 3. The Hall–Kier alpha value is -1.06. The molecule has 0 heterocycles. The van der Waals surface area contributed by atoms with E-state index in [1.165, 1.54) is 0 Å². The molecule has 1 amide bonds. The molecule has 9 heavy (non-hydrogen) atoms. The van der Waals surface area contributed by atoms with Crippen molar-refractivity contribution in [1.29, 1.82) is 5.53 Å². The van der Waals surface area contributed by atoms with Crippen LogP contribution in [-0.4, -0.2) is 19.2 Å². The van der Waals surface area contributed by atoms with E-state index < -0.39 is 0 Å². The number of nitrogens with zero attached hydrogens (tertiary/aromatic N) is 2. The minimum absolute atomic E-state index is 0.206. The normalized spacial score (nSPS) is 12.1. The first kappa shape index (κ1) is 7.94. The maximum absolute atomic E-state index is 10.5. The van der Waals surface area contributed by atoms with Crippen molar-refractivity contribution in [3.05, 3.63) is 0 Å². The first-order valence-electron chi connectivity index (χ1n) is 2.56. The van der Waals surface area contributed by atoms with Crippen molar-refractivity contribution in [2.75, 3.05) is 6.54 Å². The summed E-state index contributed by atoms with van der Waals surface area (Å²) in [5.41, 5.74) is 6.41. The van der Waals surface area contributed by atoms with Crippen molar-refractivity contribution >= 4 is 12.6 Å². The molecule has 0 aromatic heterocycles. The molecule has 4 heteroatoms. The van der Waals surface area contributed by atoms with Gasteiger partial charge in [0.2, 0.25) is 5.91 Å². The number of carbonyl (C=O) groups is 1. The molecule has 0 fully saturated rings. The molecule has 0 saturated heterocycles. The molecule has 0 saturated carbocycles. The molecule has 0 radical (unpaired) electrons. The lowest BCUT2D eigenvalue weighted by Crippen LogP contribution is -2.10. The first-order valence-corrected chi connectivity index (χ1v) is 2.56. The predicted octanol–water partition coefficient (Wildman–Crippen LogP) is 0.881. The van der Waals surface area contributed by atoms with Crippen LogP contribution in [0.5, 0.6) is 0 Å². The summed E-state index contributed by atoms with van der Waals surface area (Å²) in [4.78, 5) is 13.7. The van der Waals surface area contributed by atoms with Crippen LogP contribution in [0.4, 0.5) is 0 Å². The number of amides is 1. The van der Waals surface area contributed by atoms with Gasteiger partial charge in [0.1, 0.15) is 0 Å². The predicted molar refractivity (Wildman–Crippen MR) is 33.7 cm³/mol. The van der Waals surface area contributed by atoms with Crippen LogP contribution in [0.15, 0.2) is 10.1 Å². The summed E-state index contributed by atoms with van der Waals surface area (Å²) in [5, 5.41) is 3.05. The summed E-state index contributed by atoms with van der Waals surface area (Å²) in [6.07, 6.45) is 0. The Morgan fingerprint density at radius 2 is 2.44 bits per heavy atom. The Kier molecular flexibility index (Phi) is 3.43. The standard InChI is InChI=1S/C5H9N3O/c1-4(3-8-6)5(9)7-2/h4,6H,2-3H2,1H3. The maximum atomic E-state index is 10.5. The van der Waals surface area contributed by atoms with Crippen LogP contribution in [0.25, 0.3) is 0 Å². The van der Waals surface area contributed by atoms with E-state index in [2.05, 4.69) is 16.8 Å². The summed E-state index contributed by atoms with van der Waals surface area (Å²) in [7, 11) is 0. The monoisotopic (exact) mass is 127 g/mol. The molecule has 0 aliphatic heterocycles. The molecule has 0 aromatic carbocycles. The van der Waals surface area contributed by atoms with Gasteiger partial charge in [-0.05, 0) is 6.72 Å². The topological polar surface area (TPSA) is 65.6 Å². The molecule has 1 atom stereocenters. The first-order chi connectivity index (χ1) is 4.22. The lowest BCUT2D eigenvalue weighted by atomic mass is 10.2. The molecule has 1 unspecified atom stereocenters. The van der Waals surface area contributed by atoms with Crippen molar-refractivity contribution in [2.24, 2.45) is 16.0 Å². The molecule has 1 N–H and O–H groups in total. The number of hydrogen-bond donors (Lipinski definition) is 1. The van der Waals surface area contributed by atoms with Crippen molar-refractivity contribution in [3.8, 4) is 0 Å². The van der Waals surface area contributed by atoms with E-state index in [4.69, 9.17) is 5.53 Å². The average Bonchev–Trinajstić information content (AvgIpc) is 1.87. The third-order valence-electron chi connectivity index (χ3n) is 0.943. The van der Waals surface area contributed by atoms with Crippen LogP contribution in [-0.2, 0) is 4.79 Å². The van der Waals surface area contributed by atoms with Crippen molar-refractivity contribution in [2.45, 2.75) is 6.92 Å². The molecule has 0 spiro atoms. The van der Waals surface area contributed by atoms with Gasteiger partial charge in [0, 0.05) is 0 Å². The van der Waals surface area contributed by atoms with Gasteiger partial charge in [0.25, 0.3) is 0 Å². The van der Waals surface area contributed by atoms with E-state index >= 15 is 0 Å². The molecular formula is C5H9N3O. The number of aliphatic imine (C=N–C) groups is 1. The van der Waals surface area contributed by atoms with Crippen LogP contribution in [0.1, 0.15) is 6.92 Å². The highest BCUT2D eigenvalue weighted by Crippen LogP contribution is 1.96. The van der Waals surface area contributed by atoms with E-state index in [1.807, 2.05) is 0 Å². The highest BCUT2D eigenvalue weighted by Gasteiger charge is 2.08. The molecule has 0 aliphatic rings. The second-order valence-electron chi connectivity index (χ2n) is 1.74. The van der Waals surface area contributed by atoms with Crippen LogP contribution in [0.2, 0.25) is 0 Å². The zero-order valence-electron chi connectivity index (χ0n) is 5.29. The third-order valence-corrected chi connectivity index (χ3v) is 0.943. The maximum Gasteiger partial charge on any atom is 0.249 e. The zero-order valence-corrected chi connectivity index (χ0v) is 5.29. The van der Waals surface area contributed by atoms with E-state index in [1.54, 1.807) is 6.92 Å². The number of carbonyl (C=O) groups excluding carboxylic acids is 1. The van der Waals surface area contributed by atoms with Crippen molar-refractivity contribution < 1.29 is 4.79 Å². The fourth-order valence-corrected chi connectivity index (χ4v) is 0.371. The Morgan fingerprint density at radius 3 is 2.78 bits per heavy atom. The largest absolute Gasteiger partial charge is 0.272 e. The molecular weight excluding hydrogens is 118 g/mol. The van der Waals surface area contributed by atoms with E-state index in [0.29, 0.717) is 0 Å². The summed E-state index contributed by atoms with van der Waals surface area (Å²) in [6, 6.07) is 0. The fraction of sp³-hybridized carbons (Fsp3) is 0.600. The quantitative estimate of drug-likeness (QED) is 0.444. The fourth-order valence-electron chi connectivity index (χ4n) is 0.371. The highest BCUT2D eigenvalue weighted by molar-refractivity contribution is 5.82. The van der Waals surface area contributed by atoms with E-state index in [-0.39, 0.29) is 18.4 Å². The van der Waals surface area contributed by atoms with Gasteiger partial charge in [-0.1, -0.05) is 6.92 Å². The highest BCUT2D eigenvalue weighted by atomic mass is 16.1. The van der Waals surface area contributed by atoms with Crippen LogP contribution in [0.3, 0.4) is 0 Å². The Balaban J connectivity index is 3.71. The van der Waals surface area contributed by atoms with Crippen LogP contribution >= 0.6 is 0 Å². The average molecular weight is 127 g/mol. The molecule has 0 bridgehead atoms. The van der Waals surface area contributed by atoms with Gasteiger partial charge >= 0.3 is 0 Å². The van der Waals surface area contributed by atoms with Gasteiger partial charge < -0.3 is 0 Å². The molecule has 0 aliphatic carbocycles. The number of hydrogen-bond acceptors (Lipinski definition) is 3. The Bertz CT molecular complexity index is 132. The van der Waals surface area contributed by atoms with Crippen LogP contribution < -0.4 is 0 Å². The van der Waals surface area contributed by atoms with Gasteiger partial charge in [-0.15, -0.1) is 0 Å². The van der Waals surface area contributed by atoms with Gasteiger partial charge in [0.05, 0.1) is 12.5 Å².